The van der Waals surface area contributed by atoms with E-state index >= 15 is 0 Å². The van der Waals surface area contributed by atoms with Crippen molar-refractivity contribution in [1.29, 1.82) is 0 Å². The van der Waals surface area contributed by atoms with Gasteiger partial charge in [-0.25, -0.2) is 4.79 Å². The number of carbonyl (C=O) groups excluding carboxylic acids is 1. The average molecular weight is 292 g/mol. The Morgan fingerprint density at radius 1 is 1.24 bits per heavy atom. The van der Waals surface area contributed by atoms with Crippen LogP contribution in [-0.2, 0) is 9.53 Å². The second-order valence-electron chi connectivity index (χ2n) is 5.69. The molecule has 0 fully saturated rings. The van der Waals surface area contributed by atoms with E-state index in [0.29, 0.717) is 12.2 Å². The molecule has 0 saturated carbocycles. The van der Waals surface area contributed by atoms with E-state index in [9.17, 15) is 4.79 Å². The Morgan fingerprint density at radius 2 is 1.86 bits per heavy atom. The van der Waals surface area contributed by atoms with Crippen molar-refractivity contribution >= 4 is 11.5 Å². The number of allylic oxidation sites excluding steroid dienone is 1. The molecule has 21 heavy (non-hydrogen) atoms. The summed E-state index contributed by atoms with van der Waals surface area (Å²) in [7, 11) is 0. The number of esters is 1. The molecule has 0 aliphatic rings. The van der Waals surface area contributed by atoms with Crippen molar-refractivity contribution in [3.05, 3.63) is 35.9 Å². The van der Waals surface area contributed by atoms with Crippen LogP contribution in [0, 0.1) is 0 Å². The van der Waals surface area contributed by atoms with Gasteiger partial charge in [-0.05, 0) is 57.4 Å². The predicted octanol–water partition coefficient (Wildman–Crippen LogP) is 3.19. The fourth-order valence-corrected chi connectivity index (χ4v) is 1.85. The van der Waals surface area contributed by atoms with Crippen LogP contribution in [0.15, 0.2) is 30.3 Å². The van der Waals surface area contributed by atoms with Crippen LogP contribution in [0.2, 0.25) is 0 Å². The zero-order chi connectivity index (χ0) is 15.9. The third-order valence-corrected chi connectivity index (χ3v) is 2.73. The quantitative estimate of drug-likeness (QED) is 0.818. The average Bonchev–Trinajstić information content (AvgIpc) is 2.41. The lowest BCUT2D eigenvalue weighted by molar-refractivity contribution is -0.157. The molecule has 0 unspecified atom stereocenters. The van der Waals surface area contributed by atoms with Gasteiger partial charge in [0.2, 0.25) is 0 Å². The Labute approximate surface area is 126 Å². The van der Waals surface area contributed by atoms with Gasteiger partial charge in [-0.3, -0.25) is 0 Å². The molecule has 116 valence electrons. The summed E-state index contributed by atoms with van der Waals surface area (Å²) in [6, 6.07) is 7.44. The minimum atomic E-state index is -0.505. The monoisotopic (exact) mass is 292 g/mol. The lowest BCUT2D eigenvalue weighted by Gasteiger charge is -2.19. The number of hydrogen-bond acceptors (Lipinski definition) is 4. The zero-order valence-electron chi connectivity index (χ0n) is 13.2. The zero-order valence-corrected chi connectivity index (χ0v) is 13.2. The van der Waals surface area contributed by atoms with Gasteiger partial charge < -0.3 is 14.6 Å². The normalized spacial score (nSPS) is 12.1. The number of ether oxygens (including phenoxy) is 2. The Morgan fingerprint density at radius 3 is 2.33 bits per heavy atom. The molecule has 0 amide bonds. The van der Waals surface area contributed by atoms with Gasteiger partial charge in [0.05, 0.1) is 0 Å². The molecule has 0 heterocycles. The fourth-order valence-electron chi connectivity index (χ4n) is 1.85. The molecule has 0 aromatic heterocycles. The van der Waals surface area contributed by atoms with E-state index in [2.05, 4.69) is 0 Å². The van der Waals surface area contributed by atoms with Crippen LogP contribution in [0.1, 0.15) is 39.7 Å². The van der Waals surface area contributed by atoms with Gasteiger partial charge in [0.1, 0.15) is 11.4 Å². The van der Waals surface area contributed by atoms with Gasteiger partial charge in [0, 0.05) is 6.61 Å². The number of aliphatic hydroxyl groups excluding tert-OH is 1. The molecule has 0 radical (unpaired) electrons. The van der Waals surface area contributed by atoms with E-state index in [4.69, 9.17) is 14.6 Å². The molecule has 1 aromatic rings. The Balaban J connectivity index is 2.57. The molecular formula is C17H24O4. The van der Waals surface area contributed by atoms with Gasteiger partial charge in [-0.2, -0.15) is 0 Å². The largest absolute Gasteiger partial charge is 0.482 e. The van der Waals surface area contributed by atoms with Gasteiger partial charge >= 0.3 is 5.97 Å². The summed E-state index contributed by atoms with van der Waals surface area (Å²) in [5.74, 6) is 0.227. The maximum absolute atomic E-state index is 11.6. The Bertz CT molecular complexity index is 481. The minimum absolute atomic E-state index is 0.107. The molecule has 0 aliphatic carbocycles. The second kappa shape index (κ2) is 7.84. The molecule has 4 nitrogen and oxygen atoms in total. The van der Waals surface area contributed by atoms with Crippen molar-refractivity contribution in [3.8, 4) is 5.75 Å². The first kappa shape index (κ1) is 17.2. The molecule has 4 heteroatoms. The molecule has 0 bridgehead atoms. The summed E-state index contributed by atoms with van der Waals surface area (Å²) in [6.07, 6.45) is 2.60. The molecule has 0 spiro atoms. The summed E-state index contributed by atoms with van der Waals surface area (Å²) < 4.78 is 10.6. The lowest BCUT2D eigenvalue weighted by Crippen LogP contribution is -2.27. The molecular weight excluding hydrogens is 268 g/mol. The number of carbonyl (C=O) groups is 1. The summed E-state index contributed by atoms with van der Waals surface area (Å²) in [4.78, 5) is 11.6. The first-order chi connectivity index (χ1) is 9.85. The van der Waals surface area contributed by atoms with E-state index < -0.39 is 5.60 Å². The van der Waals surface area contributed by atoms with E-state index in [1.54, 1.807) is 12.1 Å². The summed E-state index contributed by atoms with van der Waals surface area (Å²) in [5.41, 5.74) is 1.61. The molecule has 1 N–H and O–H groups in total. The van der Waals surface area contributed by atoms with Crippen molar-refractivity contribution in [3.63, 3.8) is 0 Å². The molecule has 0 saturated heterocycles. The summed E-state index contributed by atoms with van der Waals surface area (Å²) >= 11 is 0. The highest BCUT2D eigenvalue weighted by Crippen LogP contribution is 2.21. The van der Waals surface area contributed by atoms with Gasteiger partial charge in [0.25, 0.3) is 0 Å². The van der Waals surface area contributed by atoms with Crippen LogP contribution in [0.4, 0.5) is 0 Å². The van der Waals surface area contributed by atoms with Crippen LogP contribution in [0.25, 0.3) is 5.57 Å². The van der Waals surface area contributed by atoms with E-state index in [1.807, 2.05) is 45.9 Å². The van der Waals surface area contributed by atoms with Crippen molar-refractivity contribution in [2.75, 3.05) is 13.2 Å². The highest BCUT2D eigenvalue weighted by Gasteiger charge is 2.16. The lowest BCUT2D eigenvalue weighted by atomic mass is 10.0. The van der Waals surface area contributed by atoms with Gasteiger partial charge in [-0.15, -0.1) is 0 Å². The number of aliphatic hydroxyl groups is 1. The molecule has 0 aliphatic heterocycles. The maximum atomic E-state index is 11.6. The van der Waals surface area contributed by atoms with Gasteiger partial charge in [-0.1, -0.05) is 18.2 Å². The SMILES string of the molecule is C/C=C(\CCO)c1ccc(OCC(=O)OC(C)(C)C)cc1. The van der Waals surface area contributed by atoms with Gasteiger partial charge in [0.15, 0.2) is 6.61 Å². The number of rotatable bonds is 6. The first-order valence-electron chi connectivity index (χ1n) is 7.07. The van der Waals surface area contributed by atoms with Crippen LogP contribution >= 0.6 is 0 Å². The second-order valence-corrected chi connectivity index (χ2v) is 5.69. The molecule has 1 aromatic carbocycles. The van der Waals surface area contributed by atoms with Crippen LogP contribution in [-0.4, -0.2) is 29.9 Å². The van der Waals surface area contributed by atoms with Crippen molar-refractivity contribution in [2.45, 2.75) is 39.7 Å². The number of benzene rings is 1. The Hall–Kier alpha value is -1.81. The van der Waals surface area contributed by atoms with Crippen molar-refractivity contribution in [2.24, 2.45) is 0 Å². The number of hydrogen-bond donors (Lipinski definition) is 1. The van der Waals surface area contributed by atoms with E-state index in [-0.39, 0.29) is 19.2 Å². The third kappa shape index (κ3) is 6.45. The first-order valence-corrected chi connectivity index (χ1v) is 7.07. The van der Waals surface area contributed by atoms with Crippen molar-refractivity contribution < 1.29 is 19.4 Å². The highest BCUT2D eigenvalue weighted by atomic mass is 16.6. The van der Waals surface area contributed by atoms with Crippen LogP contribution in [0.5, 0.6) is 5.75 Å². The third-order valence-electron chi connectivity index (χ3n) is 2.73. The van der Waals surface area contributed by atoms with Crippen LogP contribution in [0.3, 0.4) is 0 Å². The predicted molar refractivity (Wildman–Crippen MR) is 83.1 cm³/mol. The maximum Gasteiger partial charge on any atom is 0.344 e. The Kier molecular flexibility index (Phi) is 6.43. The highest BCUT2D eigenvalue weighted by molar-refractivity contribution is 5.71. The van der Waals surface area contributed by atoms with Crippen LogP contribution < -0.4 is 4.74 Å². The van der Waals surface area contributed by atoms with E-state index in [1.165, 1.54) is 0 Å². The topological polar surface area (TPSA) is 55.8 Å². The standard InChI is InChI=1S/C17H24O4/c1-5-13(10-11-18)14-6-8-15(9-7-14)20-12-16(19)21-17(2,3)4/h5-9,18H,10-12H2,1-4H3/b13-5+. The van der Waals surface area contributed by atoms with E-state index in [0.717, 1.165) is 11.1 Å². The fraction of sp³-hybridized carbons (Fsp3) is 0.471. The summed E-state index contributed by atoms with van der Waals surface area (Å²) in [5, 5.41) is 9.00. The molecule has 1 rings (SSSR count). The van der Waals surface area contributed by atoms with Crippen molar-refractivity contribution in [1.82, 2.24) is 0 Å². The minimum Gasteiger partial charge on any atom is -0.482 e. The summed E-state index contributed by atoms with van der Waals surface area (Å²) in [6.45, 7) is 7.41. The smallest absolute Gasteiger partial charge is 0.344 e. The molecule has 0 atom stereocenters.